The van der Waals surface area contributed by atoms with Gasteiger partial charge in [-0.3, -0.25) is 0 Å². The van der Waals surface area contributed by atoms with E-state index in [0.29, 0.717) is 6.42 Å². The van der Waals surface area contributed by atoms with Crippen molar-refractivity contribution in [3.63, 3.8) is 0 Å². The molecule has 2 nitrogen and oxygen atoms in total. The highest BCUT2D eigenvalue weighted by atomic mass is 16.3. The van der Waals surface area contributed by atoms with Crippen molar-refractivity contribution in [2.75, 3.05) is 6.61 Å². The summed E-state index contributed by atoms with van der Waals surface area (Å²) in [6.07, 6.45) is 1.71. The van der Waals surface area contributed by atoms with Crippen molar-refractivity contribution in [1.82, 2.24) is 0 Å². The molecule has 0 aromatic heterocycles. The summed E-state index contributed by atoms with van der Waals surface area (Å²) in [5.41, 5.74) is 0. The van der Waals surface area contributed by atoms with Gasteiger partial charge in [-0.2, -0.15) is 0 Å². The van der Waals surface area contributed by atoms with Crippen LogP contribution in [-0.2, 0) is 0 Å². The lowest BCUT2D eigenvalue weighted by Gasteiger charge is -2.00. The molecule has 0 amide bonds. The third-order valence-corrected chi connectivity index (χ3v) is 0.796. The van der Waals surface area contributed by atoms with Gasteiger partial charge in [-0.25, -0.2) is 0 Å². The van der Waals surface area contributed by atoms with Crippen LogP contribution in [0.2, 0.25) is 0 Å². The summed E-state index contributed by atoms with van der Waals surface area (Å²) in [5, 5.41) is 16.8. The van der Waals surface area contributed by atoms with Crippen LogP contribution in [0, 0.1) is 6.42 Å². The van der Waals surface area contributed by atoms with Gasteiger partial charge in [0.1, 0.15) is 0 Å². The van der Waals surface area contributed by atoms with Crippen LogP contribution < -0.4 is 0 Å². The molecule has 1 radical (unpaired) electrons. The molecule has 43 valence electrons. The lowest BCUT2D eigenvalue weighted by atomic mass is 10.2. The summed E-state index contributed by atoms with van der Waals surface area (Å²) >= 11 is 0. The second-order valence-corrected chi connectivity index (χ2v) is 1.39. The first-order valence-electron chi connectivity index (χ1n) is 2.43. The topological polar surface area (TPSA) is 40.5 Å². The fourth-order valence-corrected chi connectivity index (χ4v) is 0.288. The van der Waals surface area contributed by atoms with Crippen molar-refractivity contribution in [3.05, 3.63) is 6.42 Å². The third kappa shape index (κ3) is 3.76. The molecule has 0 rings (SSSR count). The van der Waals surface area contributed by atoms with Gasteiger partial charge < -0.3 is 10.2 Å². The predicted molar refractivity (Wildman–Crippen MR) is 27.7 cm³/mol. The first-order chi connectivity index (χ1) is 3.31. The van der Waals surface area contributed by atoms with Crippen molar-refractivity contribution in [2.45, 2.75) is 19.4 Å². The van der Waals surface area contributed by atoms with E-state index in [1.54, 1.807) is 0 Å². The van der Waals surface area contributed by atoms with E-state index >= 15 is 0 Å². The minimum absolute atomic E-state index is 0.0327. The van der Waals surface area contributed by atoms with E-state index in [2.05, 4.69) is 0 Å². The fourth-order valence-electron chi connectivity index (χ4n) is 0.288. The summed E-state index contributed by atoms with van der Waals surface area (Å²) < 4.78 is 0. The van der Waals surface area contributed by atoms with E-state index in [1.165, 1.54) is 6.42 Å². The molecule has 0 spiro atoms. The van der Waals surface area contributed by atoms with Crippen molar-refractivity contribution < 1.29 is 10.2 Å². The molecule has 7 heavy (non-hydrogen) atoms. The number of hydrogen-bond acceptors (Lipinski definition) is 2. The Kier molecular flexibility index (Phi) is 4.04. The minimum Gasteiger partial charge on any atom is -0.396 e. The summed E-state index contributed by atoms with van der Waals surface area (Å²) in [5.74, 6) is 0. The smallest absolute Gasteiger partial charge is 0.0592 e. The second kappa shape index (κ2) is 4.09. The van der Waals surface area contributed by atoms with Crippen LogP contribution in [0.15, 0.2) is 0 Å². The molecule has 0 fully saturated rings. The molecule has 1 atom stereocenters. The van der Waals surface area contributed by atoms with Crippen LogP contribution in [-0.4, -0.2) is 22.9 Å². The number of rotatable bonds is 3. The second-order valence-electron chi connectivity index (χ2n) is 1.39. The maximum Gasteiger partial charge on any atom is 0.0592 e. The molecular formula is C5H11O2. The first kappa shape index (κ1) is 6.92. The van der Waals surface area contributed by atoms with Crippen LogP contribution in [0.1, 0.15) is 13.3 Å². The molecule has 0 saturated heterocycles. The maximum atomic E-state index is 8.64. The normalized spacial score (nSPS) is 14.1. The zero-order valence-corrected chi connectivity index (χ0v) is 4.46. The first-order valence-corrected chi connectivity index (χ1v) is 2.43. The monoisotopic (exact) mass is 103 g/mol. The highest BCUT2D eigenvalue weighted by molar-refractivity contribution is 4.71. The van der Waals surface area contributed by atoms with Crippen LogP contribution in [0.5, 0.6) is 0 Å². The quantitative estimate of drug-likeness (QED) is 0.526. The molecule has 0 bridgehead atoms. The Morgan fingerprint density at radius 2 is 2.29 bits per heavy atom. The Labute approximate surface area is 43.8 Å². The Hall–Kier alpha value is -0.0800. The van der Waals surface area contributed by atoms with Gasteiger partial charge in [-0.15, -0.1) is 0 Å². The Morgan fingerprint density at radius 3 is 2.43 bits per heavy atom. The molecule has 0 aromatic rings. The standard InChI is InChI=1S/C5H11O2/c1-2-5(7)3-4-6/h3,5-7H,2,4H2,1H3. The van der Waals surface area contributed by atoms with Gasteiger partial charge in [-0.1, -0.05) is 6.92 Å². The number of aliphatic hydroxyl groups excluding tert-OH is 2. The SMILES string of the molecule is CCC(O)[CH]CO. The van der Waals surface area contributed by atoms with Crippen LogP contribution >= 0.6 is 0 Å². The summed E-state index contributed by atoms with van der Waals surface area (Å²) in [6.45, 7) is 1.83. The minimum atomic E-state index is -0.426. The fraction of sp³-hybridized carbons (Fsp3) is 0.800. The summed E-state index contributed by atoms with van der Waals surface area (Å²) in [4.78, 5) is 0. The lowest BCUT2D eigenvalue weighted by molar-refractivity contribution is 0.179. The van der Waals surface area contributed by atoms with Crippen molar-refractivity contribution in [1.29, 1.82) is 0 Å². The summed E-state index contributed by atoms with van der Waals surface area (Å²) in [6, 6.07) is 0. The lowest BCUT2D eigenvalue weighted by Crippen LogP contribution is -2.06. The number of hydrogen-bond donors (Lipinski definition) is 2. The van der Waals surface area contributed by atoms with Gasteiger partial charge in [0.25, 0.3) is 0 Å². The van der Waals surface area contributed by atoms with Crippen molar-refractivity contribution >= 4 is 0 Å². The van der Waals surface area contributed by atoms with Gasteiger partial charge >= 0.3 is 0 Å². The molecule has 0 heterocycles. The van der Waals surface area contributed by atoms with E-state index in [1.807, 2.05) is 6.92 Å². The van der Waals surface area contributed by atoms with Gasteiger partial charge in [0.2, 0.25) is 0 Å². The number of aliphatic hydroxyl groups is 2. The van der Waals surface area contributed by atoms with Crippen molar-refractivity contribution in [3.8, 4) is 0 Å². The molecule has 0 aliphatic carbocycles. The van der Waals surface area contributed by atoms with Gasteiger partial charge in [0, 0.05) is 13.0 Å². The summed E-state index contributed by atoms with van der Waals surface area (Å²) in [7, 11) is 0. The Balaban J connectivity index is 2.83. The molecular weight excluding hydrogens is 92.1 g/mol. The molecule has 2 heteroatoms. The van der Waals surface area contributed by atoms with Crippen LogP contribution in [0.4, 0.5) is 0 Å². The average molecular weight is 103 g/mol. The van der Waals surface area contributed by atoms with Gasteiger partial charge in [0.15, 0.2) is 0 Å². The molecule has 0 aromatic carbocycles. The van der Waals surface area contributed by atoms with E-state index in [-0.39, 0.29) is 6.61 Å². The average Bonchev–Trinajstić information content (AvgIpc) is 1.68. The van der Waals surface area contributed by atoms with Crippen LogP contribution in [0.25, 0.3) is 0 Å². The zero-order chi connectivity index (χ0) is 5.70. The molecule has 0 aliphatic heterocycles. The van der Waals surface area contributed by atoms with E-state index in [4.69, 9.17) is 10.2 Å². The van der Waals surface area contributed by atoms with E-state index in [0.717, 1.165) is 0 Å². The van der Waals surface area contributed by atoms with Gasteiger partial charge in [-0.05, 0) is 6.42 Å². The highest BCUT2D eigenvalue weighted by Crippen LogP contribution is 1.91. The van der Waals surface area contributed by atoms with E-state index in [9.17, 15) is 0 Å². The van der Waals surface area contributed by atoms with Crippen molar-refractivity contribution in [2.24, 2.45) is 0 Å². The zero-order valence-electron chi connectivity index (χ0n) is 4.46. The van der Waals surface area contributed by atoms with E-state index < -0.39 is 6.10 Å². The molecule has 0 aliphatic rings. The van der Waals surface area contributed by atoms with Crippen LogP contribution in [0.3, 0.4) is 0 Å². The third-order valence-electron chi connectivity index (χ3n) is 0.796. The Morgan fingerprint density at radius 1 is 1.71 bits per heavy atom. The molecule has 0 saturated carbocycles. The Bertz CT molecular complexity index is 37.1. The maximum absolute atomic E-state index is 8.64. The molecule has 2 N–H and O–H groups in total. The van der Waals surface area contributed by atoms with Gasteiger partial charge in [0.05, 0.1) is 6.10 Å². The largest absolute Gasteiger partial charge is 0.396 e. The predicted octanol–water partition coefficient (Wildman–Crippen LogP) is -0.0461. The molecule has 1 unspecified atom stereocenters. The highest BCUT2D eigenvalue weighted by Gasteiger charge is 1.96.